The van der Waals surface area contributed by atoms with Crippen molar-refractivity contribution >= 4 is 5.78 Å². The van der Waals surface area contributed by atoms with Gasteiger partial charge in [0.15, 0.2) is 5.78 Å². The lowest BCUT2D eigenvalue weighted by molar-refractivity contribution is 0.0926. The van der Waals surface area contributed by atoms with E-state index in [1.165, 1.54) is 0 Å². The first-order valence-corrected chi connectivity index (χ1v) is 5.70. The maximum absolute atomic E-state index is 12.1. The number of carbonyl (C=O) groups excluding carboxylic acids is 1. The zero-order valence-corrected chi connectivity index (χ0v) is 10.8. The largest absolute Gasteiger partial charge is 0.496 e. The van der Waals surface area contributed by atoms with Crippen LogP contribution in [0.1, 0.15) is 41.8 Å². The normalized spacial score (nSPS) is 12.3. The second-order valence-electron chi connectivity index (χ2n) is 4.31. The molecule has 0 saturated heterocycles. The van der Waals surface area contributed by atoms with E-state index in [2.05, 4.69) is 0 Å². The van der Waals surface area contributed by atoms with Crippen molar-refractivity contribution in [3.63, 3.8) is 0 Å². The van der Waals surface area contributed by atoms with Gasteiger partial charge in [0.2, 0.25) is 0 Å². The highest BCUT2D eigenvalue weighted by atomic mass is 16.5. The number of ether oxygens (including phenoxy) is 1. The fraction of sp³-hybridized carbons (Fsp3) is 0.500. The van der Waals surface area contributed by atoms with Crippen LogP contribution >= 0.6 is 0 Å². The molecule has 1 atom stereocenters. The molecular weight excluding hydrogens is 200 g/mol. The summed E-state index contributed by atoms with van der Waals surface area (Å²) in [5.74, 6) is 1.16. The highest BCUT2D eigenvalue weighted by molar-refractivity contribution is 5.99. The van der Waals surface area contributed by atoms with E-state index in [0.717, 1.165) is 28.9 Å². The zero-order chi connectivity index (χ0) is 12.3. The van der Waals surface area contributed by atoms with E-state index in [1.807, 2.05) is 39.8 Å². The second kappa shape index (κ2) is 5.15. The number of hydrogen-bond donors (Lipinski definition) is 0. The maximum atomic E-state index is 12.1. The third-order valence-corrected chi connectivity index (χ3v) is 3.07. The van der Waals surface area contributed by atoms with E-state index in [4.69, 9.17) is 4.74 Å². The summed E-state index contributed by atoms with van der Waals surface area (Å²) < 4.78 is 5.24. The molecule has 2 heteroatoms. The van der Waals surface area contributed by atoms with Gasteiger partial charge in [-0.25, -0.2) is 0 Å². The Morgan fingerprint density at radius 2 is 1.94 bits per heavy atom. The van der Waals surface area contributed by atoms with E-state index in [1.54, 1.807) is 7.11 Å². The van der Waals surface area contributed by atoms with Gasteiger partial charge < -0.3 is 4.74 Å². The summed E-state index contributed by atoms with van der Waals surface area (Å²) in [5, 5.41) is 0. The van der Waals surface area contributed by atoms with Gasteiger partial charge in [-0.05, 0) is 43.5 Å². The Kier molecular flexibility index (Phi) is 4.11. The molecule has 0 radical (unpaired) electrons. The molecule has 0 bridgehead atoms. The molecule has 1 aromatic carbocycles. The number of Topliss-reactive ketones (excluding diaryl/α,β-unsaturated/α-hetero) is 1. The van der Waals surface area contributed by atoms with E-state index >= 15 is 0 Å². The fourth-order valence-electron chi connectivity index (χ4n) is 1.73. The molecule has 16 heavy (non-hydrogen) atoms. The van der Waals surface area contributed by atoms with E-state index < -0.39 is 0 Å². The third-order valence-electron chi connectivity index (χ3n) is 3.07. The van der Waals surface area contributed by atoms with Crippen molar-refractivity contribution in [1.82, 2.24) is 0 Å². The Bertz CT molecular complexity index is 394. The smallest absolute Gasteiger partial charge is 0.165 e. The Hall–Kier alpha value is -1.31. The Balaban J connectivity index is 3.16. The summed E-state index contributed by atoms with van der Waals surface area (Å²) in [7, 11) is 1.65. The average Bonchev–Trinajstić information content (AvgIpc) is 2.29. The van der Waals surface area contributed by atoms with Crippen molar-refractivity contribution in [2.24, 2.45) is 5.92 Å². The van der Waals surface area contributed by atoms with Crippen LogP contribution in [-0.4, -0.2) is 12.9 Å². The molecule has 0 aliphatic heterocycles. The Morgan fingerprint density at radius 1 is 1.31 bits per heavy atom. The summed E-state index contributed by atoms with van der Waals surface area (Å²) >= 11 is 0. The van der Waals surface area contributed by atoms with Gasteiger partial charge in [-0.3, -0.25) is 4.79 Å². The summed E-state index contributed by atoms with van der Waals surface area (Å²) in [6, 6.07) is 3.87. The molecule has 0 aliphatic carbocycles. The van der Waals surface area contributed by atoms with Crippen LogP contribution in [0.15, 0.2) is 12.1 Å². The van der Waals surface area contributed by atoms with Crippen LogP contribution in [0.3, 0.4) is 0 Å². The number of carbonyl (C=O) groups is 1. The van der Waals surface area contributed by atoms with E-state index in [-0.39, 0.29) is 11.7 Å². The summed E-state index contributed by atoms with van der Waals surface area (Å²) in [5.41, 5.74) is 2.83. The van der Waals surface area contributed by atoms with Gasteiger partial charge in [0.05, 0.1) is 7.11 Å². The molecule has 0 spiro atoms. The van der Waals surface area contributed by atoms with Crippen molar-refractivity contribution in [1.29, 1.82) is 0 Å². The van der Waals surface area contributed by atoms with Gasteiger partial charge in [0, 0.05) is 11.5 Å². The van der Waals surface area contributed by atoms with E-state index in [9.17, 15) is 4.79 Å². The molecule has 1 aromatic rings. The molecule has 0 aliphatic rings. The predicted octanol–water partition coefficient (Wildman–Crippen LogP) is 3.54. The molecular formula is C14H20O2. The van der Waals surface area contributed by atoms with Crippen LogP contribution in [0.5, 0.6) is 5.75 Å². The lowest BCUT2D eigenvalue weighted by Crippen LogP contribution is -2.12. The molecule has 2 nitrogen and oxygen atoms in total. The van der Waals surface area contributed by atoms with Crippen molar-refractivity contribution in [2.75, 3.05) is 7.11 Å². The van der Waals surface area contributed by atoms with Gasteiger partial charge in [-0.2, -0.15) is 0 Å². The number of benzene rings is 1. The molecule has 0 fully saturated rings. The number of hydrogen-bond acceptors (Lipinski definition) is 2. The predicted molar refractivity (Wildman–Crippen MR) is 66.3 cm³/mol. The fourth-order valence-corrected chi connectivity index (χ4v) is 1.73. The summed E-state index contributed by atoms with van der Waals surface area (Å²) in [6.45, 7) is 7.93. The van der Waals surface area contributed by atoms with Crippen LogP contribution in [0.4, 0.5) is 0 Å². The van der Waals surface area contributed by atoms with Crippen molar-refractivity contribution in [3.05, 3.63) is 28.8 Å². The minimum absolute atomic E-state index is 0.0893. The Morgan fingerprint density at radius 3 is 2.44 bits per heavy atom. The number of methoxy groups -OCH3 is 1. The first-order chi connectivity index (χ1) is 7.51. The minimum Gasteiger partial charge on any atom is -0.496 e. The Labute approximate surface area is 97.6 Å². The van der Waals surface area contributed by atoms with Gasteiger partial charge in [0.1, 0.15) is 5.75 Å². The maximum Gasteiger partial charge on any atom is 0.165 e. The number of ketones is 1. The van der Waals surface area contributed by atoms with E-state index in [0.29, 0.717) is 0 Å². The summed E-state index contributed by atoms with van der Waals surface area (Å²) in [4.78, 5) is 12.1. The lowest BCUT2D eigenvalue weighted by Gasteiger charge is -2.13. The second-order valence-corrected chi connectivity index (χ2v) is 4.31. The van der Waals surface area contributed by atoms with Crippen LogP contribution in [0.25, 0.3) is 0 Å². The number of rotatable bonds is 4. The van der Waals surface area contributed by atoms with Crippen LogP contribution in [-0.2, 0) is 0 Å². The van der Waals surface area contributed by atoms with Crippen molar-refractivity contribution in [2.45, 2.75) is 34.1 Å². The molecule has 1 rings (SSSR count). The topological polar surface area (TPSA) is 26.3 Å². The van der Waals surface area contributed by atoms with Gasteiger partial charge in [-0.1, -0.05) is 13.8 Å². The third kappa shape index (κ3) is 2.43. The average molecular weight is 220 g/mol. The molecule has 88 valence electrons. The molecule has 0 heterocycles. The minimum atomic E-state index is 0.0893. The quantitative estimate of drug-likeness (QED) is 0.725. The highest BCUT2D eigenvalue weighted by Crippen LogP contribution is 2.24. The first kappa shape index (κ1) is 12.8. The first-order valence-electron chi connectivity index (χ1n) is 5.70. The monoisotopic (exact) mass is 220 g/mol. The standard InChI is InChI=1S/C14H20O2/c1-6-9(2)14(15)12-7-11(4)13(16-5)8-10(12)3/h7-9H,6H2,1-5H3. The zero-order valence-electron chi connectivity index (χ0n) is 10.8. The number of aryl methyl sites for hydroxylation is 2. The van der Waals surface area contributed by atoms with Crippen molar-refractivity contribution < 1.29 is 9.53 Å². The molecule has 0 aromatic heterocycles. The highest BCUT2D eigenvalue weighted by Gasteiger charge is 2.16. The van der Waals surface area contributed by atoms with Gasteiger partial charge in [-0.15, -0.1) is 0 Å². The SMILES string of the molecule is CCC(C)C(=O)c1cc(C)c(OC)cc1C. The van der Waals surface area contributed by atoms with Crippen molar-refractivity contribution in [3.8, 4) is 5.75 Å². The van der Waals surface area contributed by atoms with Crippen LogP contribution in [0.2, 0.25) is 0 Å². The summed E-state index contributed by atoms with van der Waals surface area (Å²) in [6.07, 6.45) is 0.878. The molecule has 1 unspecified atom stereocenters. The van der Waals surface area contributed by atoms with Crippen LogP contribution < -0.4 is 4.74 Å². The van der Waals surface area contributed by atoms with Gasteiger partial charge >= 0.3 is 0 Å². The molecule has 0 amide bonds. The van der Waals surface area contributed by atoms with Gasteiger partial charge in [0.25, 0.3) is 0 Å². The molecule has 0 N–H and O–H groups in total. The molecule has 0 saturated carbocycles. The lowest BCUT2D eigenvalue weighted by atomic mass is 9.92. The van der Waals surface area contributed by atoms with Crippen LogP contribution in [0, 0.1) is 19.8 Å².